The van der Waals surface area contributed by atoms with Crippen LogP contribution in [0.5, 0.6) is 0 Å². The van der Waals surface area contributed by atoms with E-state index in [4.69, 9.17) is 11.6 Å². The Morgan fingerprint density at radius 2 is 1.74 bits per heavy atom. The lowest BCUT2D eigenvalue weighted by molar-refractivity contribution is -0.140. The molecule has 0 aliphatic rings. The monoisotopic (exact) mass is 406 g/mol. The smallest absolute Gasteiger partial charge is 0.242 e. The van der Waals surface area contributed by atoms with E-state index in [1.165, 1.54) is 10.4 Å². The van der Waals surface area contributed by atoms with Gasteiger partial charge in [-0.15, -0.1) is 22.9 Å². The van der Waals surface area contributed by atoms with Gasteiger partial charge in [-0.25, -0.2) is 0 Å². The van der Waals surface area contributed by atoms with Gasteiger partial charge in [-0.2, -0.15) is 0 Å². The van der Waals surface area contributed by atoms with Crippen molar-refractivity contribution in [3.05, 3.63) is 57.8 Å². The molecule has 2 aromatic rings. The predicted octanol–water partition coefficient (Wildman–Crippen LogP) is 4.31. The first kappa shape index (κ1) is 21.5. The van der Waals surface area contributed by atoms with Gasteiger partial charge in [-0.3, -0.25) is 9.59 Å². The van der Waals surface area contributed by atoms with Crippen LogP contribution in [0.1, 0.15) is 29.9 Å². The maximum atomic E-state index is 13.1. The molecular formula is C21H27ClN2O2S. The van der Waals surface area contributed by atoms with Crippen LogP contribution in [-0.2, 0) is 22.7 Å². The summed E-state index contributed by atoms with van der Waals surface area (Å²) in [5.74, 6) is -0.105. The van der Waals surface area contributed by atoms with Crippen LogP contribution in [0.3, 0.4) is 0 Å². The summed E-state index contributed by atoms with van der Waals surface area (Å²) in [4.78, 5) is 29.8. The minimum Gasteiger partial charge on any atom is -0.332 e. The van der Waals surface area contributed by atoms with Crippen molar-refractivity contribution in [1.29, 1.82) is 0 Å². The summed E-state index contributed by atoms with van der Waals surface area (Å²) in [5.41, 5.74) is 2.25. The normalized spacial score (nSPS) is 10.9. The molecule has 146 valence electrons. The fourth-order valence-corrected chi connectivity index (χ4v) is 3.91. The maximum absolute atomic E-state index is 13.1. The molecule has 0 spiro atoms. The first-order chi connectivity index (χ1) is 12.9. The van der Waals surface area contributed by atoms with Gasteiger partial charge >= 0.3 is 0 Å². The second-order valence-corrected chi connectivity index (χ2v) is 8.33. The molecule has 0 unspecified atom stereocenters. The van der Waals surface area contributed by atoms with E-state index in [0.29, 0.717) is 19.6 Å². The Morgan fingerprint density at radius 1 is 1.04 bits per heavy atom. The van der Waals surface area contributed by atoms with Gasteiger partial charge in [0, 0.05) is 18.0 Å². The molecule has 4 nitrogen and oxygen atoms in total. The van der Waals surface area contributed by atoms with Crippen molar-refractivity contribution in [2.75, 3.05) is 19.0 Å². The van der Waals surface area contributed by atoms with E-state index < -0.39 is 0 Å². The lowest BCUT2D eigenvalue weighted by Gasteiger charge is -2.28. The highest BCUT2D eigenvalue weighted by Crippen LogP contribution is 2.20. The van der Waals surface area contributed by atoms with E-state index in [2.05, 4.69) is 13.0 Å². The van der Waals surface area contributed by atoms with Crippen molar-refractivity contribution in [3.63, 3.8) is 0 Å². The number of nitrogens with zero attached hydrogens (tertiary/aromatic N) is 2. The zero-order valence-corrected chi connectivity index (χ0v) is 17.7. The molecule has 6 heteroatoms. The van der Waals surface area contributed by atoms with Crippen LogP contribution in [-0.4, -0.2) is 40.6 Å². The van der Waals surface area contributed by atoms with Crippen LogP contribution >= 0.6 is 22.9 Å². The molecule has 1 aromatic heterocycles. The Morgan fingerprint density at radius 3 is 2.30 bits per heavy atom. The number of halogens is 1. The highest BCUT2D eigenvalue weighted by Gasteiger charge is 2.22. The number of benzene rings is 1. The molecule has 0 saturated carbocycles. The molecule has 1 heterocycles. The summed E-state index contributed by atoms with van der Waals surface area (Å²) in [5, 5.41) is 2.04. The van der Waals surface area contributed by atoms with E-state index in [1.54, 1.807) is 16.2 Å². The molecule has 0 bridgehead atoms. The third-order valence-electron chi connectivity index (χ3n) is 4.25. The third-order valence-corrected chi connectivity index (χ3v) is 5.49. The van der Waals surface area contributed by atoms with Gasteiger partial charge in [0.15, 0.2) is 0 Å². The highest BCUT2D eigenvalue weighted by atomic mass is 35.5. The first-order valence-electron chi connectivity index (χ1n) is 9.09. The van der Waals surface area contributed by atoms with Gasteiger partial charge in [0.2, 0.25) is 11.8 Å². The number of thiophene rings is 1. The Bertz CT molecular complexity index is 746. The van der Waals surface area contributed by atoms with Crippen LogP contribution in [0.25, 0.3) is 0 Å². The molecule has 0 fully saturated rings. The van der Waals surface area contributed by atoms with Gasteiger partial charge in [-0.05, 0) is 35.4 Å². The number of carbonyl (C=O) groups excluding carboxylic acids is 2. The summed E-state index contributed by atoms with van der Waals surface area (Å²) in [6, 6.07) is 12.0. The number of hydrogen-bond donors (Lipinski definition) is 0. The third kappa shape index (κ3) is 6.67. The van der Waals surface area contributed by atoms with E-state index in [0.717, 1.165) is 5.56 Å². The zero-order chi connectivity index (χ0) is 19.8. The van der Waals surface area contributed by atoms with Crippen molar-refractivity contribution >= 4 is 34.8 Å². The number of hydrogen-bond acceptors (Lipinski definition) is 3. The molecule has 0 saturated heterocycles. The number of carbonyl (C=O) groups is 2. The van der Waals surface area contributed by atoms with E-state index in [9.17, 15) is 9.59 Å². The number of alkyl halides is 1. The fourth-order valence-electron chi connectivity index (χ4n) is 2.82. The Labute approximate surface area is 170 Å². The Kier molecular flexibility index (Phi) is 8.32. The SMILES string of the molecule is Cc1ccsc1CN(Cc1ccccc1)C(=O)CN(CC(C)C)C(=O)CCl. The van der Waals surface area contributed by atoms with Crippen LogP contribution in [0.2, 0.25) is 0 Å². The lowest BCUT2D eigenvalue weighted by atomic mass is 10.2. The molecule has 2 amide bonds. The largest absolute Gasteiger partial charge is 0.332 e. The van der Waals surface area contributed by atoms with Crippen LogP contribution < -0.4 is 0 Å². The lowest BCUT2D eigenvalue weighted by Crippen LogP contribution is -2.44. The summed E-state index contributed by atoms with van der Waals surface area (Å²) >= 11 is 7.40. The topological polar surface area (TPSA) is 40.6 Å². The summed E-state index contributed by atoms with van der Waals surface area (Å²) in [6.07, 6.45) is 0. The average Bonchev–Trinajstić information content (AvgIpc) is 3.05. The van der Waals surface area contributed by atoms with Crippen molar-refractivity contribution < 1.29 is 9.59 Å². The molecule has 0 aliphatic carbocycles. The van der Waals surface area contributed by atoms with Gasteiger partial charge < -0.3 is 9.80 Å². The Hall–Kier alpha value is -1.85. The van der Waals surface area contributed by atoms with E-state index >= 15 is 0 Å². The molecule has 0 aliphatic heterocycles. The number of amides is 2. The van der Waals surface area contributed by atoms with Gasteiger partial charge in [-0.1, -0.05) is 44.2 Å². The summed E-state index contributed by atoms with van der Waals surface area (Å²) < 4.78 is 0. The molecular weight excluding hydrogens is 380 g/mol. The molecule has 0 N–H and O–H groups in total. The van der Waals surface area contributed by atoms with Crippen LogP contribution in [0.4, 0.5) is 0 Å². The van der Waals surface area contributed by atoms with Gasteiger partial charge in [0.25, 0.3) is 0 Å². The zero-order valence-electron chi connectivity index (χ0n) is 16.2. The number of rotatable bonds is 9. The van der Waals surface area contributed by atoms with Crippen LogP contribution in [0, 0.1) is 12.8 Å². The second-order valence-electron chi connectivity index (χ2n) is 7.06. The fraction of sp³-hybridized carbons (Fsp3) is 0.429. The van der Waals surface area contributed by atoms with Crippen molar-refractivity contribution in [2.45, 2.75) is 33.9 Å². The van der Waals surface area contributed by atoms with Gasteiger partial charge in [0.05, 0.1) is 13.1 Å². The molecule has 27 heavy (non-hydrogen) atoms. The quantitative estimate of drug-likeness (QED) is 0.582. The van der Waals surface area contributed by atoms with E-state index in [1.807, 2.05) is 54.5 Å². The molecule has 0 atom stereocenters. The van der Waals surface area contributed by atoms with Crippen molar-refractivity contribution in [3.8, 4) is 0 Å². The predicted molar refractivity (Wildman–Crippen MR) is 112 cm³/mol. The van der Waals surface area contributed by atoms with Gasteiger partial charge in [0.1, 0.15) is 5.88 Å². The Balaban J connectivity index is 2.18. The van der Waals surface area contributed by atoms with Crippen molar-refractivity contribution in [1.82, 2.24) is 9.80 Å². The minimum absolute atomic E-state index is 0.0565. The minimum atomic E-state index is -0.203. The maximum Gasteiger partial charge on any atom is 0.242 e. The van der Waals surface area contributed by atoms with E-state index in [-0.39, 0.29) is 30.2 Å². The highest BCUT2D eigenvalue weighted by molar-refractivity contribution is 7.10. The number of aryl methyl sites for hydroxylation is 1. The summed E-state index contributed by atoms with van der Waals surface area (Å²) in [7, 11) is 0. The second kappa shape index (κ2) is 10.5. The van der Waals surface area contributed by atoms with Crippen molar-refractivity contribution in [2.24, 2.45) is 5.92 Å². The molecule has 2 rings (SSSR count). The summed E-state index contributed by atoms with van der Waals surface area (Å²) in [6.45, 7) is 7.74. The van der Waals surface area contributed by atoms with Crippen LogP contribution in [0.15, 0.2) is 41.8 Å². The molecule has 1 aromatic carbocycles. The molecule has 0 radical (unpaired) electrons. The average molecular weight is 407 g/mol. The first-order valence-corrected chi connectivity index (χ1v) is 10.5. The standard InChI is InChI=1S/C21H27ClN2O2S/c1-16(2)12-23(20(25)11-22)15-21(26)24(13-18-7-5-4-6-8-18)14-19-17(3)9-10-27-19/h4-10,16H,11-15H2,1-3H3.